The highest BCUT2D eigenvalue weighted by atomic mass is 79.9. The number of carbonyl (C=O) groups excluding carboxylic acids is 1. The van der Waals surface area contributed by atoms with E-state index in [1.807, 2.05) is 0 Å². The Morgan fingerprint density at radius 2 is 1.80 bits per heavy atom. The first-order chi connectivity index (χ1) is 7.00. The van der Waals surface area contributed by atoms with Crippen LogP contribution < -0.4 is 0 Å². The highest BCUT2D eigenvalue weighted by Crippen LogP contribution is 2.16. The Kier molecular flexibility index (Phi) is 4.47. The van der Waals surface area contributed by atoms with Gasteiger partial charge < -0.3 is 5.11 Å². The molecule has 15 heavy (non-hydrogen) atoms. The maximum Gasteiger partial charge on any atom is 0.304 e. The van der Waals surface area contributed by atoms with E-state index in [9.17, 15) is 9.59 Å². The summed E-state index contributed by atoms with van der Waals surface area (Å²) in [6.45, 7) is 0. The first-order valence-electron chi connectivity index (χ1n) is 4.16. The molecule has 0 saturated heterocycles. The Morgan fingerprint density at radius 1 is 1.27 bits per heavy atom. The number of carboxylic acid groups (broad SMARTS) is 1. The number of aliphatic carboxylic acids is 1. The Morgan fingerprint density at radius 3 is 2.27 bits per heavy atom. The standard InChI is InChI=1S/C10H8Br2O3/c11-7-3-1-6(2-4-7)10(15)8(12)5-9(13)14/h1-4,8H,5H2,(H,13,14). The molecule has 0 bridgehead atoms. The van der Waals surface area contributed by atoms with Crippen molar-refractivity contribution in [1.82, 2.24) is 0 Å². The third-order valence-corrected chi connectivity index (χ3v) is 3.04. The van der Waals surface area contributed by atoms with Gasteiger partial charge in [-0.15, -0.1) is 0 Å². The Labute approximate surface area is 104 Å². The van der Waals surface area contributed by atoms with Crippen LogP contribution >= 0.6 is 31.9 Å². The number of rotatable bonds is 4. The second-order valence-corrected chi connectivity index (χ2v) is 4.96. The molecule has 80 valence electrons. The van der Waals surface area contributed by atoms with Crippen LogP contribution in [0.15, 0.2) is 28.7 Å². The minimum absolute atomic E-state index is 0.213. The highest BCUT2D eigenvalue weighted by molar-refractivity contribution is 9.10. The van der Waals surface area contributed by atoms with Gasteiger partial charge in [0.25, 0.3) is 0 Å². The van der Waals surface area contributed by atoms with Crippen molar-refractivity contribution in [3.63, 3.8) is 0 Å². The summed E-state index contributed by atoms with van der Waals surface area (Å²) in [7, 11) is 0. The topological polar surface area (TPSA) is 54.4 Å². The molecule has 1 unspecified atom stereocenters. The van der Waals surface area contributed by atoms with Crippen molar-refractivity contribution in [3.8, 4) is 0 Å². The number of benzene rings is 1. The molecule has 0 radical (unpaired) electrons. The number of hydrogen-bond acceptors (Lipinski definition) is 2. The molecule has 1 aromatic carbocycles. The third kappa shape index (κ3) is 3.76. The summed E-state index contributed by atoms with van der Waals surface area (Å²) >= 11 is 6.31. The van der Waals surface area contributed by atoms with E-state index < -0.39 is 10.8 Å². The lowest BCUT2D eigenvalue weighted by molar-refractivity contribution is -0.136. The van der Waals surface area contributed by atoms with Gasteiger partial charge in [-0.05, 0) is 12.1 Å². The van der Waals surface area contributed by atoms with Crippen molar-refractivity contribution in [2.45, 2.75) is 11.2 Å². The molecule has 3 nitrogen and oxygen atoms in total. The number of Topliss-reactive ketones (excluding diaryl/α,β-unsaturated/α-hetero) is 1. The lowest BCUT2D eigenvalue weighted by Crippen LogP contribution is -2.18. The van der Waals surface area contributed by atoms with E-state index in [2.05, 4.69) is 31.9 Å². The van der Waals surface area contributed by atoms with Crippen LogP contribution in [0, 0.1) is 0 Å². The van der Waals surface area contributed by atoms with Crippen LogP contribution in [0.5, 0.6) is 0 Å². The van der Waals surface area contributed by atoms with Crippen molar-refractivity contribution >= 4 is 43.6 Å². The minimum Gasteiger partial charge on any atom is -0.481 e. The van der Waals surface area contributed by atoms with E-state index in [1.54, 1.807) is 24.3 Å². The summed E-state index contributed by atoms with van der Waals surface area (Å²) in [5.41, 5.74) is 0.501. The van der Waals surface area contributed by atoms with E-state index in [4.69, 9.17) is 5.11 Å². The van der Waals surface area contributed by atoms with Gasteiger partial charge in [0, 0.05) is 10.0 Å². The lowest BCUT2D eigenvalue weighted by Gasteiger charge is -2.05. The van der Waals surface area contributed by atoms with Crippen LogP contribution in [0.25, 0.3) is 0 Å². The van der Waals surface area contributed by atoms with E-state index in [1.165, 1.54) is 0 Å². The van der Waals surface area contributed by atoms with Crippen LogP contribution in [0.3, 0.4) is 0 Å². The third-order valence-electron chi connectivity index (χ3n) is 1.77. The molecule has 1 aromatic rings. The summed E-state index contributed by atoms with van der Waals surface area (Å²) < 4.78 is 0.878. The van der Waals surface area contributed by atoms with Gasteiger partial charge in [0.1, 0.15) is 0 Å². The van der Waals surface area contributed by atoms with Crippen molar-refractivity contribution in [2.24, 2.45) is 0 Å². The van der Waals surface area contributed by atoms with Gasteiger partial charge in [-0.2, -0.15) is 0 Å². The van der Waals surface area contributed by atoms with Gasteiger partial charge in [0.15, 0.2) is 5.78 Å². The predicted octanol–water partition coefficient (Wildman–Crippen LogP) is 2.87. The fourth-order valence-electron chi connectivity index (χ4n) is 1.04. The smallest absolute Gasteiger partial charge is 0.304 e. The fraction of sp³-hybridized carbons (Fsp3) is 0.200. The average molecular weight is 336 g/mol. The van der Waals surface area contributed by atoms with Gasteiger partial charge in [-0.3, -0.25) is 9.59 Å². The molecule has 0 aliphatic carbocycles. The second-order valence-electron chi connectivity index (χ2n) is 2.94. The molecule has 0 aromatic heterocycles. The molecule has 0 amide bonds. The zero-order valence-electron chi connectivity index (χ0n) is 7.61. The first-order valence-corrected chi connectivity index (χ1v) is 5.87. The highest BCUT2D eigenvalue weighted by Gasteiger charge is 2.19. The molecule has 0 aliphatic heterocycles. The quantitative estimate of drug-likeness (QED) is 0.680. The van der Waals surface area contributed by atoms with Gasteiger partial charge in [0.2, 0.25) is 0 Å². The summed E-state index contributed by atoms with van der Waals surface area (Å²) in [4.78, 5) is 21.4. The lowest BCUT2D eigenvalue weighted by atomic mass is 10.1. The number of carboxylic acids is 1. The Hall–Kier alpha value is -0.680. The predicted molar refractivity (Wildman–Crippen MR) is 63.4 cm³/mol. The van der Waals surface area contributed by atoms with Crippen LogP contribution in [0.1, 0.15) is 16.8 Å². The summed E-state index contributed by atoms with van der Waals surface area (Å²) in [5, 5.41) is 8.53. The second kappa shape index (κ2) is 5.42. The Balaban J connectivity index is 2.76. The van der Waals surface area contributed by atoms with E-state index >= 15 is 0 Å². The largest absolute Gasteiger partial charge is 0.481 e. The monoisotopic (exact) mass is 334 g/mol. The average Bonchev–Trinajstić information content (AvgIpc) is 2.17. The molecule has 0 aliphatic rings. The molecular weight excluding hydrogens is 328 g/mol. The molecular formula is C10H8Br2O3. The van der Waals surface area contributed by atoms with E-state index in [0.717, 1.165) is 4.47 Å². The van der Waals surface area contributed by atoms with Crippen LogP contribution in [-0.4, -0.2) is 21.7 Å². The summed E-state index contributed by atoms with van der Waals surface area (Å²) in [6.07, 6.45) is -0.213. The van der Waals surface area contributed by atoms with Gasteiger partial charge in [0.05, 0.1) is 11.2 Å². The molecule has 1 rings (SSSR count). The van der Waals surface area contributed by atoms with Crippen molar-refractivity contribution in [3.05, 3.63) is 34.3 Å². The molecule has 0 heterocycles. The van der Waals surface area contributed by atoms with Crippen molar-refractivity contribution in [2.75, 3.05) is 0 Å². The molecule has 0 fully saturated rings. The number of alkyl halides is 1. The minimum atomic E-state index is -0.998. The van der Waals surface area contributed by atoms with Gasteiger partial charge in [-0.1, -0.05) is 44.0 Å². The van der Waals surface area contributed by atoms with Crippen LogP contribution in [-0.2, 0) is 4.79 Å². The van der Waals surface area contributed by atoms with Gasteiger partial charge >= 0.3 is 5.97 Å². The molecule has 1 atom stereocenters. The molecule has 0 saturated carbocycles. The molecule has 5 heteroatoms. The Bertz CT molecular complexity index is 373. The maximum atomic E-state index is 11.7. The van der Waals surface area contributed by atoms with E-state index in [-0.39, 0.29) is 12.2 Å². The van der Waals surface area contributed by atoms with Crippen LogP contribution in [0.2, 0.25) is 0 Å². The number of carbonyl (C=O) groups is 2. The fourth-order valence-corrected chi connectivity index (χ4v) is 1.85. The van der Waals surface area contributed by atoms with Gasteiger partial charge in [-0.25, -0.2) is 0 Å². The zero-order valence-corrected chi connectivity index (χ0v) is 10.8. The van der Waals surface area contributed by atoms with E-state index in [0.29, 0.717) is 5.56 Å². The van der Waals surface area contributed by atoms with Crippen LogP contribution in [0.4, 0.5) is 0 Å². The summed E-state index contributed by atoms with van der Waals surface area (Å²) in [6, 6.07) is 6.80. The number of hydrogen-bond donors (Lipinski definition) is 1. The molecule has 1 N–H and O–H groups in total. The molecule has 0 spiro atoms. The number of halogens is 2. The summed E-state index contributed by atoms with van der Waals surface area (Å²) in [5.74, 6) is -1.22. The van der Waals surface area contributed by atoms with Crippen molar-refractivity contribution < 1.29 is 14.7 Å². The number of ketones is 1. The SMILES string of the molecule is O=C(O)CC(Br)C(=O)c1ccc(Br)cc1. The first kappa shape index (κ1) is 12.4. The normalized spacial score (nSPS) is 12.1. The maximum absolute atomic E-state index is 11.7. The van der Waals surface area contributed by atoms with Crippen molar-refractivity contribution in [1.29, 1.82) is 0 Å². The zero-order chi connectivity index (χ0) is 11.4.